The molecule has 0 aromatic heterocycles. The van der Waals surface area contributed by atoms with Crippen LogP contribution in [0.5, 0.6) is 0 Å². The number of nitrogens with zero attached hydrogens (tertiary/aromatic N) is 1. The van der Waals surface area contributed by atoms with Gasteiger partial charge in [0.25, 0.3) is 0 Å². The van der Waals surface area contributed by atoms with E-state index in [1.807, 2.05) is 42.5 Å². The number of amides is 2. The summed E-state index contributed by atoms with van der Waals surface area (Å²) in [6.07, 6.45) is 2.42. The summed E-state index contributed by atoms with van der Waals surface area (Å²) in [5.74, 6) is -0.700. The van der Waals surface area contributed by atoms with Crippen molar-refractivity contribution >= 4 is 23.2 Å². The van der Waals surface area contributed by atoms with E-state index in [-0.39, 0.29) is 0 Å². The Labute approximate surface area is 161 Å². The quantitative estimate of drug-likeness (QED) is 0.547. The summed E-state index contributed by atoms with van der Waals surface area (Å²) >= 11 is 0. The van der Waals surface area contributed by atoms with Gasteiger partial charge in [0.1, 0.15) is 5.76 Å². The minimum Gasteiger partial charge on any atom is -0.464 e. The van der Waals surface area contributed by atoms with E-state index in [2.05, 4.69) is 28.8 Å². The number of nitrogens with one attached hydrogen (secondary N) is 1. The summed E-state index contributed by atoms with van der Waals surface area (Å²) in [7, 11) is 0. The number of anilines is 1. The van der Waals surface area contributed by atoms with Crippen LogP contribution in [0.4, 0.5) is 11.4 Å². The van der Waals surface area contributed by atoms with E-state index in [4.69, 9.17) is 4.42 Å². The predicted molar refractivity (Wildman–Crippen MR) is 105 cm³/mol. The summed E-state index contributed by atoms with van der Waals surface area (Å²) in [5.41, 5.74) is 6.22. The first-order valence-corrected chi connectivity index (χ1v) is 8.93. The lowest BCUT2D eigenvalue weighted by Gasteiger charge is -2.16. The van der Waals surface area contributed by atoms with Crippen molar-refractivity contribution in [3.8, 4) is 22.5 Å². The second kappa shape index (κ2) is 6.39. The molecule has 5 nitrogen and oxygen atoms in total. The van der Waals surface area contributed by atoms with Gasteiger partial charge in [0.05, 0.1) is 17.6 Å². The van der Waals surface area contributed by atoms with Crippen LogP contribution in [0.25, 0.3) is 22.5 Å². The van der Waals surface area contributed by atoms with E-state index in [1.165, 1.54) is 5.56 Å². The Morgan fingerprint density at radius 2 is 1.75 bits per heavy atom. The molecule has 135 valence electrons. The Kier molecular flexibility index (Phi) is 3.72. The lowest BCUT2D eigenvalue weighted by atomic mass is 9.97. The standard InChI is InChI=1S/C23H15N2O3/c26-22-23(27)25-19-13-15(8-9-18(19)24-22)20-17(11-14-5-2-1-3-6-14)12-16-7-4-10-28-21(16)20/h1-10,12-13H,11H2,(H,25,27). The summed E-state index contributed by atoms with van der Waals surface area (Å²) in [5, 5.41) is 6.44. The normalized spacial score (nSPS) is 13.1. The highest BCUT2D eigenvalue weighted by molar-refractivity contribution is 6.42. The van der Waals surface area contributed by atoms with Crippen molar-refractivity contribution in [1.29, 1.82) is 0 Å². The molecule has 5 heteroatoms. The van der Waals surface area contributed by atoms with Crippen molar-refractivity contribution in [2.75, 3.05) is 5.32 Å². The third-order valence-corrected chi connectivity index (χ3v) is 4.87. The number of carbonyl (C=O) groups excluding carboxylic acids is 2. The number of carbonyl (C=O) groups is 2. The molecular weight excluding hydrogens is 352 g/mol. The highest BCUT2D eigenvalue weighted by Crippen LogP contribution is 2.42. The molecule has 2 amide bonds. The third-order valence-electron chi connectivity index (χ3n) is 4.87. The SMILES string of the molecule is O=C1[N]c2ccc(-c3c(Cc4ccccc4)cc4cccoc3-4)cc2NC1=O. The Bertz CT molecular complexity index is 1180. The van der Waals surface area contributed by atoms with Crippen LogP contribution in [0.3, 0.4) is 0 Å². The number of benzene rings is 2. The zero-order chi connectivity index (χ0) is 19.1. The molecule has 2 aromatic rings. The molecular formula is C23H15N2O3. The Morgan fingerprint density at radius 1 is 0.893 bits per heavy atom. The molecule has 1 N–H and O–H groups in total. The fourth-order valence-electron chi connectivity index (χ4n) is 3.61. The van der Waals surface area contributed by atoms with E-state index >= 15 is 0 Å². The van der Waals surface area contributed by atoms with Crippen LogP contribution < -0.4 is 10.6 Å². The van der Waals surface area contributed by atoms with Crippen LogP contribution in [0.1, 0.15) is 11.1 Å². The zero-order valence-corrected chi connectivity index (χ0v) is 14.8. The monoisotopic (exact) mass is 367 g/mol. The van der Waals surface area contributed by atoms with Gasteiger partial charge in [-0.1, -0.05) is 36.4 Å². The predicted octanol–water partition coefficient (Wildman–Crippen LogP) is 4.36. The van der Waals surface area contributed by atoms with Gasteiger partial charge in [0.15, 0.2) is 0 Å². The minimum absolute atomic E-state index is 0.464. The molecule has 0 bridgehead atoms. The summed E-state index contributed by atoms with van der Waals surface area (Å²) in [6, 6.07) is 21.7. The molecule has 5 rings (SSSR count). The van der Waals surface area contributed by atoms with Crippen LogP contribution in [-0.4, -0.2) is 11.8 Å². The van der Waals surface area contributed by atoms with Gasteiger partial charge in [0, 0.05) is 11.1 Å². The van der Waals surface area contributed by atoms with Gasteiger partial charge < -0.3 is 9.73 Å². The van der Waals surface area contributed by atoms with Gasteiger partial charge >= 0.3 is 11.8 Å². The van der Waals surface area contributed by atoms with Crippen LogP contribution in [0, 0.1) is 0 Å². The molecule has 0 fully saturated rings. The molecule has 0 saturated carbocycles. The topological polar surface area (TPSA) is 73.4 Å². The molecule has 28 heavy (non-hydrogen) atoms. The molecule has 0 saturated heterocycles. The lowest BCUT2D eigenvalue weighted by Crippen LogP contribution is -2.33. The Balaban J connectivity index is 1.64. The van der Waals surface area contributed by atoms with Crippen molar-refractivity contribution in [1.82, 2.24) is 5.32 Å². The minimum atomic E-state index is -0.779. The van der Waals surface area contributed by atoms with Crippen LogP contribution >= 0.6 is 0 Å². The first-order valence-electron chi connectivity index (χ1n) is 8.93. The van der Waals surface area contributed by atoms with Crippen LogP contribution in [0.15, 0.2) is 77.4 Å². The smallest absolute Gasteiger partial charge is 0.335 e. The van der Waals surface area contributed by atoms with E-state index < -0.39 is 11.8 Å². The number of hydrogen-bond donors (Lipinski definition) is 1. The second-order valence-electron chi connectivity index (χ2n) is 6.71. The molecule has 0 atom stereocenters. The Morgan fingerprint density at radius 3 is 2.61 bits per heavy atom. The molecule has 2 aliphatic heterocycles. The highest BCUT2D eigenvalue weighted by Gasteiger charge is 2.26. The van der Waals surface area contributed by atoms with Crippen LogP contribution in [0.2, 0.25) is 0 Å². The van der Waals surface area contributed by atoms with Crippen molar-refractivity contribution in [3.05, 3.63) is 84.1 Å². The molecule has 0 unspecified atom stereocenters. The first kappa shape index (κ1) is 16.3. The molecule has 3 aliphatic rings. The van der Waals surface area contributed by atoms with Crippen molar-refractivity contribution < 1.29 is 14.0 Å². The first-order chi connectivity index (χ1) is 13.7. The summed E-state index contributed by atoms with van der Waals surface area (Å²) in [6.45, 7) is 0. The second-order valence-corrected chi connectivity index (χ2v) is 6.71. The Hall–Kier alpha value is -3.86. The summed E-state index contributed by atoms with van der Waals surface area (Å²) < 4.78 is 5.83. The van der Waals surface area contributed by atoms with Gasteiger partial charge in [0.2, 0.25) is 0 Å². The maximum Gasteiger partial charge on any atom is 0.335 e. The largest absolute Gasteiger partial charge is 0.464 e. The van der Waals surface area contributed by atoms with Crippen molar-refractivity contribution in [2.45, 2.75) is 6.42 Å². The van der Waals surface area contributed by atoms with Gasteiger partial charge in [-0.05, 0) is 53.4 Å². The highest BCUT2D eigenvalue weighted by atomic mass is 16.3. The third kappa shape index (κ3) is 2.74. The maximum atomic E-state index is 11.7. The van der Waals surface area contributed by atoms with Crippen molar-refractivity contribution in [2.24, 2.45) is 0 Å². The van der Waals surface area contributed by atoms with Crippen LogP contribution in [-0.2, 0) is 16.0 Å². The molecule has 2 aromatic carbocycles. The fourth-order valence-corrected chi connectivity index (χ4v) is 3.61. The van der Waals surface area contributed by atoms with Gasteiger partial charge in [-0.15, -0.1) is 0 Å². The molecule has 1 aliphatic carbocycles. The lowest BCUT2D eigenvalue weighted by molar-refractivity contribution is -0.135. The van der Waals surface area contributed by atoms with Crippen molar-refractivity contribution in [3.63, 3.8) is 0 Å². The zero-order valence-electron chi connectivity index (χ0n) is 14.8. The van der Waals surface area contributed by atoms with E-state index in [1.54, 1.807) is 12.3 Å². The molecule has 2 heterocycles. The van der Waals surface area contributed by atoms with Gasteiger partial charge in [-0.3, -0.25) is 9.59 Å². The van der Waals surface area contributed by atoms with Gasteiger partial charge in [-0.25, -0.2) is 5.32 Å². The van der Waals surface area contributed by atoms with Gasteiger partial charge in [-0.2, -0.15) is 0 Å². The number of hydrogen-bond acceptors (Lipinski definition) is 3. The van der Waals surface area contributed by atoms with E-state index in [0.29, 0.717) is 11.4 Å². The number of fused-ring (bicyclic) bond motifs is 2. The maximum absolute atomic E-state index is 11.7. The fraction of sp³-hybridized carbons (Fsp3) is 0.0435. The van der Waals surface area contributed by atoms with E-state index in [0.717, 1.165) is 34.4 Å². The molecule has 0 spiro atoms. The molecule has 1 radical (unpaired) electrons. The van der Waals surface area contributed by atoms with E-state index in [9.17, 15) is 9.59 Å². The average molecular weight is 367 g/mol. The average Bonchev–Trinajstić information content (AvgIpc) is 3.07. The summed E-state index contributed by atoms with van der Waals surface area (Å²) in [4.78, 5) is 23.2. The number of rotatable bonds is 3.